The molecule has 2 aliphatic heterocycles. The Hall–Kier alpha value is -3.78. The molecule has 2 aliphatic rings. The first-order valence-electron chi connectivity index (χ1n) is 18.3. The van der Waals surface area contributed by atoms with E-state index < -0.39 is 74.6 Å². The molecule has 0 aliphatic carbocycles. The summed E-state index contributed by atoms with van der Waals surface area (Å²) >= 11 is 0. The van der Waals surface area contributed by atoms with Crippen LogP contribution < -0.4 is 21.3 Å². The van der Waals surface area contributed by atoms with Crippen molar-refractivity contribution >= 4 is 39.6 Å². The van der Waals surface area contributed by atoms with Gasteiger partial charge >= 0.3 is 6.03 Å². The number of carbonyl (C=O) groups excluding carboxylic acids is 5. The predicted molar refractivity (Wildman–Crippen MR) is 200 cm³/mol. The molecule has 0 radical (unpaired) electrons. The number of nitrogens with zero attached hydrogens (tertiary/aromatic N) is 2. The molecule has 2 heterocycles. The normalized spacial score (nSPS) is 20.4. The number of sulfonamides is 1. The van der Waals surface area contributed by atoms with E-state index in [-0.39, 0.29) is 49.3 Å². The number of benzene rings is 1. The number of hydrogen-bond acceptors (Lipinski definition) is 7. The summed E-state index contributed by atoms with van der Waals surface area (Å²) in [6.45, 7) is 21.2. The van der Waals surface area contributed by atoms with Crippen LogP contribution in [0.2, 0.25) is 0 Å². The average molecular weight is 745 g/mol. The third kappa shape index (κ3) is 10.2. The Morgan fingerprint density at radius 1 is 0.981 bits per heavy atom. The zero-order valence-corrected chi connectivity index (χ0v) is 33.2. The maximum atomic E-state index is 14.5. The van der Waals surface area contributed by atoms with Crippen LogP contribution >= 0.6 is 0 Å². The maximum absolute atomic E-state index is 14.5. The van der Waals surface area contributed by atoms with Gasteiger partial charge in [-0.3, -0.25) is 19.2 Å². The summed E-state index contributed by atoms with van der Waals surface area (Å²) in [5.41, 5.74) is -0.649. The molecule has 14 heteroatoms. The summed E-state index contributed by atoms with van der Waals surface area (Å²) in [7, 11) is -3.75. The van der Waals surface area contributed by atoms with E-state index in [0.29, 0.717) is 18.4 Å². The zero-order chi connectivity index (χ0) is 39.2. The van der Waals surface area contributed by atoms with Crippen LogP contribution in [0.5, 0.6) is 0 Å². The number of ketones is 1. The topological polar surface area (TPSA) is 174 Å². The highest BCUT2D eigenvalue weighted by Crippen LogP contribution is 2.34. The lowest BCUT2D eigenvalue weighted by molar-refractivity contribution is -0.144. The molecule has 1 saturated heterocycles. The van der Waals surface area contributed by atoms with Gasteiger partial charge < -0.3 is 26.2 Å². The molecule has 5 atom stereocenters. The quantitative estimate of drug-likeness (QED) is 0.156. The van der Waals surface area contributed by atoms with Gasteiger partial charge in [0.2, 0.25) is 27.6 Å². The van der Waals surface area contributed by atoms with Crippen molar-refractivity contribution in [3.8, 4) is 0 Å². The van der Waals surface area contributed by atoms with Crippen molar-refractivity contribution in [1.82, 2.24) is 30.5 Å². The van der Waals surface area contributed by atoms with Gasteiger partial charge in [0.1, 0.15) is 12.1 Å². The van der Waals surface area contributed by atoms with E-state index in [1.54, 1.807) is 24.3 Å². The monoisotopic (exact) mass is 744 g/mol. The van der Waals surface area contributed by atoms with E-state index in [1.165, 1.54) is 15.3 Å². The van der Waals surface area contributed by atoms with Crippen molar-refractivity contribution in [1.29, 1.82) is 0 Å². The Labute approximate surface area is 310 Å². The Balaban J connectivity index is 1.84. The minimum absolute atomic E-state index is 0.0131. The number of unbranched alkanes of at least 4 members (excludes halogenated alkanes) is 1. The lowest BCUT2D eigenvalue weighted by atomic mass is 9.84. The first kappa shape index (κ1) is 42.6. The molecule has 0 bridgehead atoms. The number of amides is 5. The van der Waals surface area contributed by atoms with Gasteiger partial charge in [-0.1, -0.05) is 99.4 Å². The summed E-state index contributed by atoms with van der Waals surface area (Å²) in [5.74, 6) is -2.76. The second-order valence-electron chi connectivity index (χ2n) is 16.5. The molecular weight excluding hydrogens is 685 g/mol. The number of urea groups is 1. The summed E-state index contributed by atoms with van der Waals surface area (Å²) in [6.07, 6.45) is 3.61. The fraction of sp³-hybridized carbons (Fsp3) is 0.658. The molecule has 0 spiro atoms. The molecule has 290 valence electrons. The summed E-state index contributed by atoms with van der Waals surface area (Å²) in [5, 5.41) is 11.1. The van der Waals surface area contributed by atoms with Crippen molar-refractivity contribution in [3.63, 3.8) is 0 Å². The van der Waals surface area contributed by atoms with Gasteiger partial charge in [-0.15, -0.1) is 6.58 Å². The van der Waals surface area contributed by atoms with E-state index in [0.717, 1.165) is 6.42 Å². The van der Waals surface area contributed by atoms with Crippen molar-refractivity contribution in [3.05, 3.63) is 42.5 Å². The molecule has 1 aromatic rings. The fourth-order valence-electron chi connectivity index (χ4n) is 6.79. The molecule has 2 unspecified atom stereocenters. The average Bonchev–Trinajstić information content (AvgIpc) is 3.61. The first-order valence-corrected chi connectivity index (χ1v) is 19.8. The molecular formula is C38H60N6O7S. The lowest BCUT2D eigenvalue weighted by Crippen LogP contribution is -2.62. The molecule has 1 aromatic carbocycles. The van der Waals surface area contributed by atoms with E-state index in [4.69, 9.17) is 0 Å². The summed E-state index contributed by atoms with van der Waals surface area (Å²) < 4.78 is 28.0. The molecule has 5 amide bonds. The number of likely N-dealkylation sites (tertiary alicyclic amines) is 1. The molecule has 1 fully saturated rings. The molecule has 13 nitrogen and oxygen atoms in total. The van der Waals surface area contributed by atoms with E-state index in [9.17, 15) is 32.4 Å². The minimum Gasteiger partial charge on any atom is -0.346 e. The second kappa shape index (κ2) is 17.4. The Morgan fingerprint density at radius 2 is 1.63 bits per heavy atom. The zero-order valence-electron chi connectivity index (χ0n) is 32.4. The van der Waals surface area contributed by atoms with E-state index in [2.05, 4.69) is 27.8 Å². The van der Waals surface area contributed by atoms with Gasteiger partial charge in [0.15, 0.2) is 0 Å². The third-order valence-corrected chi connectivity index (χ3v) is 11.9. The van der Waals surface area contributed by atoms with Gasteiger partial charge in [-0.25, -0.2) is 13.2 Å². The van der Waals surface area contributed by atoms with Gasteiger partial charge in [0.25, 0.3) is 5.91 Å². The van der Waals surface area contributed by atoms with Crippen molar-refractivity contribution in [2.75, 3.05) is 19.6 Å². The highest BCUT2D eigenvalue weighted by molar-refractivity contribution is 7.89. The number of nitrogens with one attached hydrogen (secondary N) is 4. The maximum Gasteiger partial charge on any atom is 0.315 e. The van der Waals surface area contributed by atoms with Crippen LogP contribution in [0, 0.1) is 22.7 Å². The molecule has 3 rings (SSSR count). The highest BCUT2D eigenvalue weighted by atomic mass is 32.2. The SMILES string of the molecule is C=CCNC(=O)C(=O)C(CCCC)NC(=O)[C@@H]1C(C(C)C)CCN1C(=O)[C@@H](NC(=O)N[C@H](CN1Cc2ccccc2S1(=O)=O)C(C)(C)C)C(C)(C)C. The minimum atomic E-state index is -3.75. The summed E-state index contributed by atoms with van der Waals surface area (Å²) in [4.78, 5) is 69.8. The Kier molecular flexibility index (Phi) is 14.2. The predicted octanol–water partition coefficient (Wildman–Crippen LogP) is 3.74. The van der Waals surface area contributed by atoms with Crippen LogP contribution in [0.15, 0.2) is 41.8 Å². The molecule has 0 saturated carbocycles. The van der Waals surface area contributed by atoms with Crippen molar-refractivity contribution in [2.45, 2.75) is 124 Å². The van der Waals surface area contributed by atoms with Crippen LogP contribution in [0.1, 0.15) is 93.6 Å². The summed E-state index contributed by atoms with van der Waals surface area (Å²) in [6, 6.07) is 2.52. The number of Topliss-reactive ketones (excluding diaryl/α,β-unsaturated/α-hetero) is 1. The van der Waals surface area contributed by atoms with Crippen LogP contribution in [-0.4, -0.2) is 91.0 Å². The van der Waals surface area contributed by atoms with Gasteiger partial charge in [0, 0.05) is 32.2 Å². The molecule has 4 N–H and O–H groups in total. The standard InChI is InChI=1S/C38H60N6O7S/c1-11-13-17-27(31(45)34(47)39-20-12-2)40-33(46)30-26(24(3)4)19-21-44(30)35(48)32(38(8,9)10)42-36(49)41-29(37(5,6)7)23-43-22-25-16-14-15-18-28(25)52(43,50)51/h12,14-16,18,24,26-27,29-30,32H,2,11,13,17,19-23H2,1,3-10H3,(H,39,47)(H,40,46)(H2,41,42,49)/t26?,27?,29-,30+,32-/m1/s1. The van der Waals surface area contributed by atoms with E-state index in [1.807, 2.05) is 62.3 Å². The number of carbonyl (C=O) groups is 5. The third-order valence-electron chi connectivity index (χ3n) is 10.0. The van der Waals surface area contributed by atoms with Crippen LogP contribution in [-0.2, 0) is 35.7 Å². The van der Waals surface area contributed by atoms with Crippen LogP contribution in [0.4, 0.5) is 4.79 Å². The Bertz CT molecular complexity index is 1600. The number of rotatable bonds is 15. The van der Waals surface area contributed by atoms with Gasteiger partial charge in [0.05, 0.1) is 10.9 Å². The lowest BCUT2D eigenvalue weighted by Gasteiger charge is -2.38. The number of hydrogen-bond donors (Lipinski definition) is 4. The van der Waals surface area contributed by atoms with Gasteiger partial charge in [-0.2, -0.15) is 4.31 Å². The van der Waals surface area contributed by atoms with Crippen LogP contribution in [0.25, 0.3) is 0 Å². The van der Waals surface area contributed by atoms with E-state index >= 15 is 0 Å². The van der Waals surface area contributed by atoms with Gasteiger partial charge in [-0.05, 0) is 47.1 Å². The smallest absolute Gasteiger partial charge is 0.315 e. The number of fused-ring (bicyclic) bond motifs is 1. The first-order chi connectivity index (χ1) is 24.1. The highest BCUT2D eigenvalue weighted by Gasteiger charge is 2.48. The fourth-order valence-corrected chi connectivity index (χ4v) is 8.44. The van der Waals surface area contributed by atoms with Crippen molar-refractivity contribution in [2.24, 2.45) is 22.7 Å². The molecule has 52 heavy (non-hydrogen) atoms. The largest absolute Gasteiger partial charge is 0.346 e. The van der Waals surface area contributed by atoms with Crippen LogP contribution in [0.3, 0.4) is 0 Å². The van der Waals surface area contributed by atoms with Crippen molar-refractivity contribution < 1.29 is 32.4 Å². The second-order valence-corrected chi connectivity index (χ2v) is 18.4. The molecule has 0 aromatic heterocycles. The Morgan fingerprint density at radius 3 is 2.19 bits per heavy atom.